The van der Waals surface area contributed by atoms with Gasteiger partial charge in [0.05, 0.1) is 0 Å². The third-order valence-electron chi connectivity index (χ3n) is 8.04. The van der Waals surface area contributed by atoms with Crippen LogP contribution in [0.5, 0.6) is 0 Å². The van der Waals surface area contributed by atoms with Gasteiger partial charge in [-0.3, -0.25) is 4.79 Å². The van der Waals surface area contributed by atoms with Gasteiger partial charge in [0.2, 0.25) is 5.91 Å². The lowest BCUT2D eigenvalue weighted by atomic mass is 9.71. The van der Waals surface area contributed by atoms with E-state index in [1.54, 1.807) is 0 Å². The van der Waals surface area contributed by atoms with Crippen LogP contribution in [0.4, 0.5) is 0 Å². The molecule has 0 aromatic rings. The molecule has 1 spiro atoms. The Balaban J connectivity index is 1.72. The average molecular weight is 421 g/mol. The maximum Gasteiger partial charge on any atom is 0.222 e. The predicted molar refractivity (Wildman–Crippen MR) is 130 cm³/mol. The van der Waals surface area contributed by atoms with Crippen LogP contribution in [0.1, 0.15) is 124 Å². The largest absolute Gasteiger partial charge is 0.343 e. The molecule has 1 amide bonds. The van der Waals surface area contributed by atoms with Gasteiger partial charge in [0.1, 0.15) is 0 Å². The predicted octanol–water partition coefficient (Wildman–Crippen LogP) is 7.05. The smallest absolute Gasteiger partial charge is 0.222 e. The summed E-state index contributed by atoms with van der Waals surface area (Å²) in [5.41, 5.74) is 0.539. The number of likely N-dealkylation sites (tertiary alicyclic amines) is 2. The van der Waals surface area contributed by atoms with Gasteiger partial charge >= 0.3 is 0 Å². The lowest BCUT2D eigenvalue weighted by Crippen LogP contribution is -2.48. The van der Waals surface area contributed by atoms with Crippen molar-refractivity contribution in [2.45, 2.75) is 124 Å². The summed E-state index contributed by atoms with van der Waals surface area (Å²) >= 11 is 0. The first-order valence-electron chi connectivity index (χ1n) is 13.6. The Kier molecular flexibility index (Phi) is 12.4. The highest BCUT2D eigenvalue weighted by Crippen LogP contribution is 2.41. The molecule has 3 heteroatoms. The van der Waals surface area contributed by atoms with Crippen molar-refractivity contribution < 1.29 is 4.79 Å². The lowest BCUT2D eigenvalue weighted by molar-refractivity contribution is -0.134. The number of unbranched alkanes of at least 4 members (excludes halogenated alkanes) is 6. The van der Waals surface area contributed by atoms with E-state index in [4.69, 9.17) is 0 Å². The fourth-order valence-corrected chi connectivity index (χ4v) is 5.66. The Labute approximate surface area is 188 Å². The zero-order valence-corrected chi connectivity index (χ0v) is 20.7. The number of amides is 1. The Morgan fingerprint density at radius 1 is 0.733 bits per heavy atom. The van der Waals surface area contributed by atoms with E-state index in [0.29, 0.717) is 11.3 Å². The summed E-state index contributed by atoms with van der Waals surface area (Å²) in [6.45, 7) is 12.8. The molecule has 2 heterocycles. The summed E-state index contributed by atoms with van der Waals surface area (Å²) in [7, 11) is 0. The van der Waals surface area contributed by atoms with Crippen molar-refractivity contribution in [2.24, 2.45) is 11.3 Å². The first-order chi connectivity index (χ1) is 14.6. The Hall–Kier alpha value is -0.570. The number of rotatable bonds is 14. The molecular formula is C27H52N2O. The molecule has 0 bridgehead atoms. The summed E-state index contributed by atoms with van der Waals surface area (Å²) in [4.78, 5) is 17.3. The lowest BCUT2D eigenvalue weighted by Gasteiger charge is -2.47. The van der Waals surface area contributed by atoms with Crippen molar-refractivity contribution in [3.05, 3.63) is 0 Å². The van der Waals surface area contributed by atoms with Gasteiger partial charge in [-0.1, -0.05) is 72.1 Å². The normalized spacial score (nSPS) is 20.6. The van der Waals surface area contributed by atoms with E-state index in [1.165, 1.54) is 103 Å². The van der Waals surface area contributed by atoms with E-state index in [-0.39, 0.29) is 0 Å². The molecule has 2 rings (SSSR count). The van der Waals surface area contributed by atoms with Gasteiger partial charge in [-0.15, -0.1) is 0 Å². The van der Waals surface area contributed by atoms with Crippen LogP contribution in [0.25, 0.3) is 0 Å². The van der Waals surface area contributed by atoms with Gasteiger partial charge in [-0.2, -0.15) is 0 Å². The first-order valence-corrected chi connectivity index (χ1v) is 13.6. The SMILES string of the molecule is CCCCCCC(CCCCC)CN1CCC2(CC1)CCN(C(=O)CCCC)CC2. The zero-order valence-electron chi connectivity index (χ0n) is 20.7. The molecular weight excluding hydrogens is 368 g/mol. The molecule has 0 radical (unpaired) electrons. The molecule has 2 aliphatic rings. The van der Waals surface area contributed by atoms with Crippen molar-refractivity contribution in [2.75, 3.05) is 32.7 Å². The molecule has 3 nitrogen and oxygen atoms in total. The molecule has 2 aliphatic heterocycles. The monoisotopic (exact) mass is 420 g/mol. The first kappa shape index (κ1) is 25.7. The molecule has 30 heavy (non-hydrogen) atoms. The molecule has 0 saturated carbocycles. The van der Waals surface area contributed by atoms with Gasteiger partial charge in [-0.25, -0.2) is 0 Å². The van der Waals surface area contributed by atoms with Crippen LogP contribution in [-0.2, 0) is 4.79 Å². The summed E-state index contributed by atoms with van der Waals surface area (Å²) in [6, 6.07) is 0. The van der Waals surface area contributed by atoms with Crippen molar-refractivity contribution in [1.82, 2.24) is 9.80 Å². The number of hydrogen-bond donors (Lipinski definition) is 0. The standard InChI is InChI=1S/C27H52N2O/c1-4-7-10-12-14-25(13-11-8-5-2)24-28-20-16-27(17-21-28)18-22-29(23-19-27)26(30)15-9-6-3/h25H,4-24H2,1-3H3. The van der Waals surface area contributed by atoms with Crippen molar-refractivity contribution in [3.63, 3.8) is 0 Å². The number of hydrogen-bond acceptors (Lipinski definition) is 2. The second-order valence-electron chi connectivity index (χ2n) is 10.5. The van der Waals surface area contributed by atoms with E-state index in [9.17, 15) is 4.79 Å². The summed E-state index contributed by atoms with van der Waals surface area (Å²) in [5.74, 6) is 1.32. The summed E-state index contributed by atoms with van der Waals surface area (Å²) in [5, 5.41) is 0. The molecule has 2 saturated heterocycles. The number of carbonyl (C=O) groups excluding carboxylic acids is 1. The summed E-state index contributed by atoms with van der Waals surface area (Å²) < 4.78 is 0. The van der Waals surface area contributed by atoms with Gasteiger partial charge < -0.3 is 9.80 Å². The Bertz CT molecular complexity index is 446. The molecule has 176 valence electrons. The number of nitrogens with zero attached hydrogens (tertiary/aromatic N) is 2. The van der Waals surface area contributed by atoms with Crippen LogP contribution < -0.4 is 0 Å². The van der Waals surface area contributed by atoms with Crippen LogP contribution in [0.15, 0.2) is 0 Å². The topological polar surface area (TPSA) is 23.6 Å². The summed E-state index contributed by atoms with van der Waals surface area (Å²) in [6.07, 6.45) is 20.8. The van der Waals surface area contributed by atoms with Crippen LogP contribution in [-0.4, -0.2) is 48.4 Å². The second kappa shape index (κ2) is 14.5. The maximum absolute atomic E-state index is 12.4. The fraction of sp³-hybridized carbons (Fsp3) is 0.963. The fourth-order valence-electron chi connectivity index (χ4n) is 5.66. The van der Waals surface area contributed by atoms with Crippen molar-refractivity contribution in [1.29, 1.82) is 0 Å². The van der Waals surface area contributed by atoms with E-state index >= 15 is 0 Å². The van der Waals surface area contributed by atoms with Crippen LogP contribution >= 0.6 is 0 Å². The third kappa shape index (κ3) is 8.89. The number of carbonyl (C=O) groups is 1. The molecule has 1 unspecified atom stereocenters. The minimum atomic E-state index is 0.405. The van der Waals surface area contributed by atoms with Gasteiger partial charge in [0.15, 0.2) is 0 Å². The second-order valence-corrected chi connectivity index (χ2v) is 10.5. The highest BCUT2D eigenvalue weighted by atomic mass is 16.2. The van der Waals surface area contributed by atoms with Crippen molar-refractivity contribution >= 4 is 5.91 Å². The van der Waals surface area contributed by atoms with E-state index in [2.05, 4.69) is 30.6 Å². The van der Waals surface area contributed by atoms with Crippen LogP contribution in [0.2, 0.25) is 0 Å². The third-order valence-corrected chi connectivity index (χ3v) is 8.04. The quantitative estimate of drug-likeness (QED) is 0.281. The van der Waals surface area contributed by atoms with Gasteiger partial charge in [0.25, 0.3) is 0 Å². The Morgan fingerprint density at radius 2 is 1.27 bits per heavy atom. The zero-order chi connectivity index (χ0) is 21.7. The van der Waals surface area contributed by atoms with E-state index < -0.39 is 0 Å². The van der Waals surface area contributed by atoms with E-state index in [0.717, 1.165) is 38.3 Å². The molecule has 1 atom stereocenters. The molecule has 2 fully saturated rings. The van der Waals surface area contributed by atoms with Gasteiger partial charge in [-0.05, 0) is 69.4 Å². The molecule has 0 N–H and O–H groups in total. The molecule has 0 aromatic heterocycles. The molecule has 0 aliphatic carbocycles. The number of piperidine rings is 2. The maximum atomic E-state index is 12.4. The molecule has 0 aromatic carbocycles. The average Bonchev–Trinajstić information content (AvgIpc) is 2.77. The minimum Gasteiger partial charge on any atom is -0.343 e. The minimum absolute atomic E-state index is 0.405. The van der Waals surface area contributed by atoms with Crippen LogP contribution in [0.3, 0.4) is 0 Å². The van der Waals surface area contributed by atoms with E-state index in [1.807, 2.05) is 0 Å². The van der Waals surface area contributed by atoms with Gasteiger partial charge in [0, 0.05) is 26.1 Å². The van der Waals surface area contributed by atoms with Crippen molar-refractivity contribution in [3.8, 4) is 0 Å². The highest BCUT2D eigenvalue weighted by Gasteiger charge is 2.38. The van der Waals surface area contributed by atoms with Crippen LogP contribution in [0, 0.1) is 11.3 Å². The Morgan fingerprint density at radius 3 is 1.87 bits per heavy atom. The highest BCUT2D eigenvalue weighted by molar-refractivity contribution is 5.76.